The molecule has 96 valence electrons. The zero-order valence-electron chi connectivity index (χ0n) is 11.4. The lowest BCUT2D eigenvalue weighted by molar-refractivity contribution is 0.566. The first kappa shape index (κ1) is 12.8. The van der Waals surface area contributed by atoms with E-state index in [2.05, 4.69) is 54.6 Å². The van der Waals surface area contributed by atoms with Crippen molar-refractivity contribution in [1.29, 1.82) is 0 Å². The monoisotopic (exact) mass is 244 g/mol. The highest BCUT2D eigenvalue weighted by Crippen LogP contribution is 2.25. The highest BCUT2D eigenvalue weighted by Gasteiger charge is 2.19. The van der Waals surface area contributed by atoms with Gasteiger partial charge < -0.3 is 5.32 Å². The molecule has 1 aromatic carbocycles. The molecule has 0 fully saturated rings. The van der Waals surface area contributed by atoms with E-state index in [1.165, 1.54) is 16.7 Å². The minimum absolute atomic E-state index is 0.148. The van der Waals surface area contributed by atoms with Crippen LogP contribution in [-0.4, -0.2) is 21.5 Å². The first-order chi connectivity index (χ1) is 8.65. The minimum Gasteiger partial charge on any atom is -0.305 e. The van der Waals surface area contributed by atoms with Crippen molar-refractivity contribution in [1.82, 2.24) is 20.3 Å². The van der Waals surface area contributed by atoms with Gasteiger partial charge in [-0.2, -0.15) is 0 Å². The van der Waals surface area contributed by atoms with Gasteiger partial charge >= 0.3 is 0 Å². The summed E-state index contributed by atoms with van der Waals surface area (Å²) in [5.74, 6) is 0. The number of benzene rings is 1. The van der Waals surface area contributed by atoms with E-state index in [1.54, 1.807) is 0 Å². The van der Waals surface area contributed by atoms with Crippen LogP contribution in [0.3, 0.4) is 0 Å². The average molecular weight is 244 g/mol. The van der Waals surface area contributed by atoms with E-state index in [9.17, 15) is 0 Å². The maximum Gasteiger partial charge on any atom is 0.0798 e. The van der Waals surface area contributed by atoms with Gasteiger partial charge in [-0.1, -0.05) is 30.3 Å². The molecule has 1 aromatic heterocycles. The van der Waals surface area contributed by atoms with E-state index in [0.717, 1.165) is 12.2 Å². The molecule has 2 aromatic rings. The zero-order valence-corrected chi connectivity index (χ0v) is 11.4. The number of rotatable bonds is 4. The molecular formula is C14H20N4. The molecule has 0 aliphatic carbocycles. The Labute approximate surface area is 108 Å². The van der Waals surface area contributed by atoms with Gasteiger partial charge in [-0.05, 0) is 37.1 Å². The summed E-state index contributed by atoms with van der Waals surface area (Å²) in [5.41, 5.74) is 5.02. The Kier molecular flexibility index (Phi) is 3.77. The van der Waals surface area contributed by atoms with Crippen molar-refractivity contribution in [2.75, 3.05) is 6.54 Å². The van der Waals surface area contributed by atoms with Gasteiger partial charge in [-0.25, -0.2) is 0 Å². The van der Waals surface area contributed by atoms with Crippen molar-refractivity contribution < 1.29 is 0 Å². The maximum atomic E-state index is 4.02. The number of aromatic nitrogens is 3. The van der Waals surface area contributed by atoms with Gasteiger partial charge in [0.15, 0.2) is 0 Å². The summed E-state index contributed by atoms with van der Waals surface area (Å²) >= 11 is 0. The Balaban J connectivity index is 2.48. The molecule has 0 saturated heterocycles. The quantitative estimate of drug-likeness (QED) is 0.896. The lowest BCUT2D eigenvalue weighted by Crippen LogP contribution is -2.25. The first-order valence-corrected chi connectivity index (χ1v) is 6.29. The van der Waals surface area contributed by atoms with E-state index >= 15 is 0 Å². The highest BCUT2D eigenvalue weighted by molar-refractivity contribution is 5.38. The summed E-state index contributed by atoms with van der Waals surface area (Å²) in [6.07, 6.45) is 1.83. The molecule has 1 heterocycles. The molecule has 2 rings (SSSR count). The van der Waals surface area contributed by atoms with Gasteiger partial charge in [0.1, 0.15) is 0 Å². The standard InChI is InChI=1S/C14H20N4/c1-5-15-14(13-9-16-17-18(13)4)12-8-6-7-10(2)11(12)3/h6-9,14-15H,5H2,1-4H3. The molecule has 1 N–H and O–H groups in total. The summed E-state index contributed by atoms with van der Waals surface area (Å²) in [5, 5.41) is 11.5. The fraction of sp³-hybridized carbons (Fsp3) is 0.429. The van der Waals surface area contributed by atoms with Crippen molar-refractivity contribution in [3.05, 3.63) is 46.8 Å². The van der Waals surface area contributed by atoms with Crippen LogP contribution in [0.1, 0.15) is 35.3 Å². The summed E-state index contributed by atoms with van der Waals surface area (Å²) in [6, 6.07) is 6.56. The van der Waals surface area contributed by atoms with Crippen molar-refractivity contribution >= 4 is 0 Å². The van der Waals surface area contributed by atoms with Gasteiger partial charge in [-0.15, -0.1) is 5.10 Å². The molecule has 0 radical (unpaired) electrons. The lowest BCUT2D eigenvalue weighted by atomic mass is 9.95. The summed E-state index contributed by atoms with van der Waals surface area (Å²) in [6.45, 7) is 7.33. The van der Waals surface area contributed by atoms with Crippen LogP contribution in [0.5, 0.6) is 0 Å². The molecule has 0 spiro atoms. The van der Waals surface area contributed by atoms with Gasteiger partial charge in [0.25, 0.3) is 0 Å². The van der Waals surface area contributed by atoms with Crippen LogP contribution >= 0.6 is 0 Å². The van der Waals surface area contributed by atoms with Crippen molar-refractivity contribution in [2.45, 2.75) is 26.8 Å². The van der Waals surface area contributed by atoms with E-state index in [0.29, 0.717) is 0 Å². The maximum absolute atomic E-state index is 4.02. The molecule has 1 atom stereocenters. The molecule has 18 heavy (non-hydrogen) atoms. The molecule has 0 aliphatic heterocycles. The van der Waals surface area contributed by atoms with Crippen molar-refractivity contribution in [2.24, 2.45) is 7.05 Å². The Bertz CT molecular complexity index is 530. The smallest absolute Gasteiger partial charge is 0.0798 e. The van der Waals surface area contributed by atoms with Crippen LogP contribution in [0.15, 0.2) is 24.4 Å². The molecule has 1 unspecified atom stereocenters. The van der Waals surface area contributed by atoms with Crippen LogP contribution in [0.2, 0.25) is 0 Å². The zero-order chi connectivity index (χ0) is 13.1. The van der Waals surface area contributed by atoms with Crippen molar-refractivity contribution in [3.63, 3.8) is 0 Å². The third-order valence-electron chi connectivity index (χ3n) is 3.41. The van der Waals surface area contributed by atoms with E-state index < -0.39 is 0 Å². The number of nitrogens with one attached hydrogen (secondary N) is 1. The Morgan fingerprint density at radius 1 is 1.33 bits per heavy atom. The van der Waals surface area contributed by atoms with Crippen LogP contribution in [0, 0.1) is 13.8 Å². The van der Waals surface area contributed by atoms with Crippen LogP contribution in [-0.2, 0) is 7.05 Å². The predicted octanol–water partition coefficient (Wildman–Crippen LogP) is 2.13. The molecule has 4 heteroatoms. The van der Waals surface area contributed by atoms with E-state index in [-0.39, 0.29) is 6.04 Å². The second-order valence-corrected chi connectivity index (χ2v) is 4.56. The van der Waals surface area contributed by atoms with Crippen molar-refractivity contribution in [3.8, 4) is 0 Å². The third-order valence-corrected chi connectivity index (χ3v) is 3.41. The molecule has 4 nitrogen and oxygen atoms in total. The van der Waals surface area contributed by atoms with E-state index in [4.69, 9.17) is 0 Å². The minimum atomic E-state index is 0.148. The van der Waals surface area contributed by atoms with Crippen LogP contribution < -0.4 is 5.32 Å². The third kappa shape index (κ3) is 2.29. The molecule has 0 amide bonds. The average Bonchev–Trinajstić information content (AvgIpc) is 2.76. The highest BCUT2D eigenvalue weighted by atomic mass is 15.4. The summed E-state index contributed by atoms with van der Waals surface area (Å²) in [4.78, 5) is 0. The van der Waals surface area contributed by atoms with Gasteiger partial charge in [-0.3, -0.25) is 4.68 Å². The second-order valence-electron chi connectivity index (χ2n) is 4.56. The molecule has 0 aliphatic rings. The summed E-state index contributed by atoms with van der Waals surface area (Å²) < 4.78 is 1.83. The molecular weight excluding hydrogens is 224 g/mol. The predicted molar refractivity (Wildman–Crippen MR) is 72.4 cm³/mol. The largest absolute Gasteiger partial charge is 0.305 e. The topological polar surface area (TPSA) is 42.7 Å². The fourth-order valence-electron chi connectivity index (χ4n) is 2.22. The van der Waals surface area contributed by atoms with Gasteiger partial charge in [0.2, 0.25) is 0 Å². The number of nitrogens with zero attached hydrogens (tertiary/aromatic N) is 3. The Morgan fingerprint density at radius 2 is 2.11 bits per heavy atom. The molecule has 0 bridgehead atoms. The SMILES string of the molecule is CCNC(c1cccc(C)c1C)c1cnnn1C. The Hall–Kier alpha value is -1.68. The van der Waals surface area contributed by atoms with Gasteiger partial charge in [0, 0.05) is 7.05 Å². The number of hydrogen-bond donors (Lipinski definition) is 1. The number of hydrogen-bond acceptors (Lipinski definition) is 3. The summed E-state index contributed by atoms with van der Waals surface area (Å²) in [7, 11) is 1.93. The fourth-order valence-corrected chi connectivity index (χ4v) is 2.22. The van der Waals surface area contributed by atoms with Gasteiger partial charge in [0.05, 0.1) is 17.9 Å². The molecule has 0 saturated carbocycles. The Morgan fingerprint density at radius 3 is 2.72 bits per heavy atom. The second kappa shape index (κ2) is 5.31. The normalized spacial score (nSPS) is 12.7. The van der Waals surface area contributed by atoms with Crippen LogP contribution in [0.4, 0.5) is 0 Å². The lowest BCUT2D eigenvalue weighted by Gasteiger charge is -2.21. The van der Waals surface area contributed by atoms with E-state index in [1.807, 2.05) is 17.9 Å². The first-order valence-electron chi connectivity index (χ1n) is 6.29. The van der Waals surface area contributed by atoms with Crippen LogP contribution in [0.25, 0.3) is 0 Å². The number of aryl methyl sites for hydroxylation is 2.